The molecule has 0 aliphatic heterocycles. The number of hydrogen-bond acceptors (Lipinski definition) is 6. The summed E-state index contributed by atoms with van der Waals surface area (Å²) < 4.78 is 7.53. The van der Waals surface area contributed by atoms with Crippen molar-refractivity contribution in [1.29, 1.82) is 0 Å². The summed E-state index contributed by atoms with van der Waals surface area (Å²) in [6.45, 7) is 6.26. The number of rotatable bonds is 6. The first-order valence-corrected chi connectivity index (χ1v) is 9.50. The monoisotopic (exact) mass is 412 g/mol. The second kappa shape index (κ2) is 8.71. The Hall–Kier alpha value is -2.77. The molecule has 4 rings (SSSR count). The molecule has 0 spiro atoms. The van der Waals surface area contributed by atoms with Gasteiger partial charge in [0.05, 0.1) is 22.8 Å². The van der Waals surface area contributed by atoms with Crippen LogP contribution in [0.15, 0.2) is 47.1 Å². The number of likely N-dealkylation sites (N-methyl/N-ethyl adjacent to an activating group) is 1. The van der Waals surface area contributed by atoms with Crippen LogP contribution in [0.4, 0.5) is 0 Å². The Kier molecular flexibility index (Phi) is 6.30. The summed E-state index contributed by atoms with van der Waals surface area (Å²) in [5.41, 5.74) is 3.56. The van der Waals surface area contributed by atoms with Crippen LogP contribution in [0.5, 0.6) is 0 Å². The lowest BCUT2D eigenvalue weighted by Gasteiger charge is -2.09. The second-order valence-corrected chi connectivity index (χ2v) is 7.25. The molecule has 0 radical (unpaired) electrons. The summed E-state index contributed by atoms with van der Waals surface area (Å²) in [5.74, 6) is 1.17. The number of halogens is 1. The van der Waals surface area contributed by atoms with E-state index in [4.69, 9.17) is 9.51 Å². The summed E-state index contributed by atoms with van der Waals surface area (Å²) in [6.07, 6.45) is 2.53. The summed E-state index contributed by atoms with van der Waals surface area (Å²) >= 11 is 0. The number of fused-ring (bicyclic) bond motifs is 1. The average Bonchev–Trinajstić information content (AvgIpc) is 3.34. The minimum absolute atomic E-state index is 0. The van der Waals surface area contributed by atoms with Crippen LogP contribution in [-0.2, 0) is 6.42 Å². The molecule has 8 heteroatoms. The zero-order valence-corrected chi connectivity index (χ0v) is 17.8. The maximum Gasteiger partial charge on any atom is 0.258 e. The van der Waals surface area contributed by atoms with Crippen molar-refractivity contribution in [2.75, 3.05) is 7.05 Å². The van der Waals surface area contributed by atoms with Gasteiger partial charge >= 0.3 is 0 Å². The SMILES string of the molecule is CNC(C)Cc1noc(-c2cc(-c3ccccc3)nc3c2cnn3C(C)C)n1.Cl. The first-order valence-electron chi connectivity index (χ1n) is 9.50. The van der Waals surface area contributed by atoms with Crippen LogP contribution < -0.4 is 5.32 Å². The van der Waals surface area contributed by atoms with Crippen molar-refractivity contribution in [1.82, 2.24) is 30.2 Å². The van der Waals surface area contributed by atoms with Gasteiger partial charge in [-0.25, -0.2) is 9.67 Å². The lowest BCUT2D eigenvalue weighted by atomic mass is 10.1. The Balaban J connectivity index is 0.00000240. The molecule has 3 aromatic heterocycles. The molecule has 0 amide bonds. The number of hydrogen-bond donors (Lipinski definition) is 1. The largest absolute Gasteiger partial charge is 0.334 e. The van der Waals surface area contributed by atoms with Gasteiger partial charge in [0.15, 0.2) is 11.5 Å². The number of pyridine rings is 1. The molecule has 4 aromatic rings. The molecule has 3 heterocycles. The fourth-order valence-corrected chi connectivity index (χ4v) is 3.15. The van der Waals surface area contributed by atoms with Gasteiger partial charge in [-0.2, -0.15) is 10.1 Å². The van der Waals surface area contributed by atoms with Crippen LogP contribution in [0.1, 0.15) is 32.6 Å². The van der Waals surface area contributed by atoms with Crippen molar-refractivity contribution in [3.8, 4) is 22.7 Å². The van der Waals surface area contributed by atoms with Crippen LogP contribution in [0.25, 0.3) is 33.7 Å². The third kappa shape index (κ3) is 4.16. The Morgan fingerprint density at radius 2 is 1.86 bits per heavy atom. The summed E-state index contributed by atoms with van der Waals surface area (Å²) in [6, 6.07) is 12.6. The first kappa shape index (κ1) is 21.0. The maximum absolute atomic E-state index is 5.61. The average molecular weight is 413 g/mol. The second-order valence-electron chi connectivity index (χ2n) is 7.25. The molecule has 1 N–H and O–H groups in total. The molecule has 1 atom stereocenters. The van der Waals surface area contributed by atoms with Crippen molar-refractivity contribution in [3.63, 3.8) is 0 Å². The molecule has 7 nitrogen and oxygen atoms in total. The molecular formula is C21H25ClN6O. The first-order chi connectivity index (χ1) is 13.6. The number of nitrogens with one attached hydrogen (secondary N) is 1. The van der Waals surface area contributed by atoms with Crippen molar-refractivity contribution in [2.45, 2.75) is 39.3 Å². The Morgan fingerprint density at radius 3 is 2.55 bits per heavy atom. The fraction of sp³-hybridized carbons (Fsp3) is 0.333. The van der Waals surface area contributed by atoms with Gasteiger partial charge in [-0.15, -0.1) is 12.4 Å². The molecule has 0 aliphatic rings. The topological polar surface area (TPSA) is 81.7 Å². The van der Waals surface area contributed by atoms with Crippen LogP contribution in [0.3, 0.4) is 0 Å². The van der Waals surface area contributed by atoms with Crippen LogP contribution in [-0.4, -0.2) is 38.0 Å². The summed E-state index contributed by atoms with van der Waals surface area (Å²) in [4.78, 5) is 9.51. The molecule has 1 aromatic carbocycles. The van der Waals surface area contributed by atoms with Crippen molar-refractivity contribution >= 4 is 23.4 Å². The lowest BCUT2D eigenvalue weighted by Crippen LogP contribution is -2.24. The predicted octanol–water partition coefficient (Wildman–Crippen LogP) is 4.30. The standard InChI is InChI=1S/C21H24N6O.ClH/c1-13(2)27-20-17(12-23-27)16(11-18(24-20)15-8-6-5-7-9-15)21-25-19(26-28-21)10-14(3)22-4;/h5-9,11-14,22H,10H2,1-4H3;1H. The zero-order chi connectivity index (χ0) is 19.7. The Labute approximate surface area is 175 Å². The molecule has 0 saturated heterocycles. The van der Waals surface area contributed by atoms with E-state index >= 15 is 0 Å². The van der Waals surface area contributed by atoms with Crippen LogP contribution >= 0.6 is 12.4 Å². The minimum Gasteiger partial charge on any atom is -0.334 e. The quantitative estimate of drug-likeness (QED) is 0.508. The van der Waals surface area contributed by atoms with E-state index < -0.39 is 0 Å². The zero-order valence-electron chi connectivity index (χ0n) is 17.0. The minimum atomic E-state index is 0. The highest BCUT2D eigenvalue weighted by molar-refractivity contribution is 5.92. The van der Waals surface area contributed by atoms with Gasteiger partial charge < -0.3 is 9.84 Å². The number of benzene rings is 1. The molecule has 152 valence electrons. The van der Waals surface area contributed by atoms with Crippen molar-refractivity contribution < 1.29 is 4.52 Å². The third-order valence-electron chi connectivity index (χ3n) is 4.81. The van der Waals surface area contributed by atoms with E-state index in [0.717, 1.165) is 27.9 Å². The van der Waals surface area contributed by atoms with E-state index in [0.29, 0.717) is 18.1 Å². The summed E-state index contributed by atoms with van der Waals surface area (Å²) in [5, 5.41) is 12.8. The highest BCUT2D eigenvalue weighted by Gasteiger charge is 2.19. The molecule has 0 aliphatic carbocycles. The smallest absolute Gasteiger partial charge is 0.258 e. The molecule has 1 unspecified atom stereocenters. The normalized spacial score (nSPS) is 12.3. The Bertz CT molecular complexity index is 1090. The third-order valence-corrected chi connectivity index (χ3v) is 4.81. The van der Waals surface area contributed by atoms with Crippen molar-refractivity contribution in [2.24, 2.45) is 0 Å². The maximum atomic E-state index is 5.61. The van der Waals surface area contributed by atoms with E-state index in [2.05, 4.69) is 41.3 Å². The van der Waals surface area contributed by atoms with Gasteiger partial charge in [-0.1, -0.05) is 35.5 Å². The van der Waals surface area contributed by atoms with E-state index in [1.807, 2.05) is 54.3 Å². The molecule has 0 bridgehead atoms. The highest BCUT2D eigenvalue weighted by Crippen LogP contribution is 2.32. The molecule has 0 saturated carbocycles. The van der Waals surface area contributed by atoms with Crippen LogP contribution in [0.2, 0.25) is 0 Å². The number of nitrogens with zero attached hydrogens (tertiary/aromatic N) is 5. The van der Waals surface area contributed by atoms with Gasteiger partial charge in [0.2, 0.25) is 0 Å². The number of aromatic nitrogens is 5. The lowest BCUT2D eigenvalue weighted by molar-refractivity contribution is 0.418. The molecule has 0 fully saturated rings. The predicted molar refractivity (Wildman–Crippen MR) is 116 cm³/mol. The van der Waals surface area contributed by atoms with Gasteiger partial charge in [0.25, 0.3) is 5.89 Å². The van der Waals surface area contributed by atoms with Gasteiger partial charge in [-0.3, -0.25) is 0 Å². The summed E-state index contributed by atoms with van der Waals surface area (Å²) in [7, 11) is 1.92. The molecule has 29 heavy (non-hydrogen) atoms. The van der Waals surface area contributed by atoms with Gasteiger partial charge in [-0.05, 0) is 33.9 Å². The van der Waals surface area contributed by atoms with E-state index in [9.17, 15) is 0 Å². The van der Waals surface area contributed by atoms with E-state index in [1.165, 1.54) is 0 Å². The van der Waals surface area contributed by atoms with E-state index in [1.54, 1.807) is 0 Å². The Morgan fingerprint density at radius 1 is 1.10 bits per heavy atom. The van der Waals surface area contributed by atoms with Gasteiger partial charge in [0.1, 0.15) is 0 Å². The van der Waals surface area contributed by atoms with E-state index in [-0.39, 0.29) is 24.5 Å². The molecular weight excluding hydrogens is 388 g/mol. The fourth-order valence-electron chi connectivity index (χ4n) is 3.15. The highest BCUT2D eigenvalue weighted by atomic mass is 35.5. The van der Waals surface area contributed by atoms with Crippen LogP contribution in [0, 0.1) is 0 Å². The van der Waals surface area contributed by atoms with Crippen molar-refractivity contribution in [3.05, 3.63) is 48.4 Å². The van der Waals surface area contributed by atoms with Gasteiger partial charge in [0, 0.05) is 24.1 Å².